The number of nitrogens with one attached hydrogen (secondary N) is 6. The molecule has 3 rings (SSSR count). The Bertz CT molecular complexity index is 1880. The zero-order valence-electron chi connectivity index (χ0n) is 35.2. The number of rotatable bonds is 23. The van der Waals surface area contributed by atoms with Gasteiger partial charge in [0.25, 0.3) is 0 Å². The average molecular weight is 941 g/mol. The molecule has 0 saturated carbocycles. The zero-order valence-corrected chi connectivity index (χ0v) is 35.2. The van der Waals surface area contributed by atoms with Crippen molar-refractivity contribution >= 4 is 41.2 Å². The molecule has 1 fully saturated rings. The van der Waals surface area contributed by atoms with Crippen molar-refractivity contribution in [2.45, 2.75) is 120 Å². The Morgan fingerprint density at radius 3 is 1.94 bits per heavy atom. The molecule has 1 saturated heterocycles. The third-order valence-corrected chi connectivity index (χ3v) is 9.82. The number of hydrogen-bond donors (Lipinski definition) is 11. The van der Waals surface area contributed by atoms with Crippen molar-refractivity contribution in [3.8, 4) is 0 Å². The number of carboxylic acid groups (broad SMARTS) is 1. The van der Waals surface area contributed by atoms with E-state index in [1.165, 1.54) is 6.92 Å². The Balaban J connectivity index is 1.99. The second kappa shape index (κ2) is 25.4. The molecule has 1 aliphatic heterocycles. The highest BCUT2D eigenvalue weighted by Crippen LogP contribution is 2.32. The highest BCUT2D eigenvalue weighted by atomic mass is 19.4. The van der Waals surface area contributed by atoms with Gasteiger partial charge in [0.15, 0.2) is 6.29 Å². The summed E-state index contributed by atoms with van der Waals surface area (Å²) in [5.74, 6) is -2.92. The van der Waals surface area contributed by atoms with Crippen molar-refractivity contribution in [2.24, 2.45) is 0 Å². The summed E-state index contributed by atoms with van der Waals surface area (Å²) < 4.78 is 98.1. The molecule has 0 aromatic heterocycles. The Hall–Kier alpha value is -5.31. The maximum atomic E-state index is 13.5. The number of carbonyl (C=O) groups is 5. The number of amides is 6. The van der Waals surface area contributed by atoms with Crippen molar-refractivity contribution < 1.29 is 90.1 Å². The quantitative estimate of drug-likeness (QED) is 0.0435. The van der Waals surface area contributed by atoms with Crippen molar-refractivity contribution in [1.29, 1.82) is 0 Å². The van der Waals surface area contributed by atoms with E-state index >= 15 is 0 Å². The second-order valence-electron chi connectivity index (χ2n) is 14.9. The van der Waals surface area contributed by atoms with Crippen LogP contribution in [-0.2, 0) is 40.9 Å². The van der Waals surface area contributed by atoms with E-state index in [0.717, 1.165) is 42.8 Å². The molecule has 0 bridgehead atoms. The largest absolute Gasteiger partial charge is 0.480 e. The molecule has 5 unspecified atom stereocenters. The summed E-state index contributed by atoms with van der Waals surface area (Å²) in [6, 6.07) is -1.09. The highest BCUT2D eigenvalue weighted by Gasteiger charge is 2.45. The number of urea groups is 2. The standard InChI is InChI=1S/C40H54F6N6O13/c1-3-4-5-12-31(57)50-26(35(59)60)13-14-32(58)52-33-30(19-55)63-20-27(51-38(62)49-25-11-7-9-23(16-25)40(44,45)46)34(33)65-36(64-29(18-54)28(56)17-53)21(2)47-37(61)48-24-10-6-8-22(15-24)39(41,42)43/h6-11,15-16,21,26-30,33-34,36,53-56H,3-5,12-14,17-20H2,1-2H3,(H,50,57)(H,52,58)(H,59,60)(H2,47,48,61)(H2,49,51,62)/t21?,26-,27?,28+,29?,30?,33+,34?,36+/m1/s1. The van der Waals surface area contributed by atoms with Gasteiger partial charge in [-0.05, 0) is 56.2 Å². The smallest absolute Gasteiger partial charge is 0.416 e. The molecule has 0 spiro atoms. The fraction of sp³-hybridized carbons (Fsp3) is 0.575. The van der Waals surface area contributed by atoms with Gasteiger partial charge in [-0.15, -0.1) is 0 Å². The van der Waals surface area contributed by atoms with Crippen LogP contribution >= 0.6 is 0 Å². The van der Waals surface area contributed by atoms with Crippen molar-refractivity contribution in [1.82, 2.24) is 21.3 Å². The number of aliphatic hydroxyl groups excluding tert-OH is 4. The first-order valence-electron chi connectivity index (χ1n) is 20.3. The number of ether oxygens (including phenoxy) is 3. The summed E-state index contributed by atoms with van der Waals surface area (Å²) in [4.78, 5) is 64.4. The summed E-state index contributed by atoms with van der Waals surface area (Å²) in [6.45, 7) is -0.216. The molecule has 1 heterocycles. The lowest BCUT2D eigenvalue weighted by Gasteiger charge is -2.44. The molecule has 1 aliphatic rings. The number of halogens is 6. The van der Waals surface area contributed by atoms with Crippen molar-refractivity contribution in [3.05, 3.63) is 59.7 Å². The van der Waals surface area contributed by atoms with Gasteiger partial charge in [-0.2, -0.15) is 26.3 Å². The molecule has 2 aromatic carbocycles. The van der Waals surface area contributed by atoms with E-state index in [1.54, 1.807) is 0 Å². The van der Waals surface area contributed by atoms with Crippen LogP contribution in [0.2, 0.25) is 0 Å². The number of anilines is 2. The molecule has 2 aromatic rings. The van der Waals surface area contributed by atoms with E-state index in [9.17, 15) is 75.8 Å². The molecule has 25 heteroatoms. The number of carbonyl (C=O) groups excluding carboxylic acids is 4. The Morgan fingerprint density at radius 1 is 0.815 bits per heavy atom. The molecule has 65 heavy (non-hydrogen) atoms. The van der Waals surface area contributed by atoms with Crippen LogP contribution < -0.4 is 31.9 Å². The first-order valence-corrected chi connectivity index (χ1v) is 20.3. The summed E-state index contributed by atoms with van der Waals surface area (Å²) in [5, 5.41) is 64.4. The van der Waals surface area contributed by atoms with Crippen LogP contribution in [0.5, 0.6) is 0 Å². The third-order valence-electron chi connectivity index (χ3n) is 9.82. The van der Waals surface area contributed by atoms with Gasteiger partial charge in [0.2, 0.25) is 11.8 Å². The van der Waals surface area contributed by atoms with Crippen molar-refractivity contribution in [3.63, 3.8) is 0 Å². The predicted octanol–water partition coefficient (Wildman–Crippen LogP) is 2.67. The minimum Gasteiger partial charge on any atom is -0.480 e. The van der Waals surface area contributed by atoms with E-state index < -0.39 is 147 Å². The molecule has 19 nitrogen and oxygen atoms in total. The van der Waals surface area contributed by atoms with Gasteiger partial charge in [0, 0.05) is 24.2 Å². The van der Waals surface area contributed by atoms with Crippen LogP contribution in [0, 0.1) is 0 Å². The Labute approximate surface area is 368 Å². The summed E-state index contributed by atoms with van der Waals surface area (Å²) >= 11 is 0. The van der Waals surface area contributed by atoms with Crippen LogP contribution in [0.15, 0.2) is 48.5 Å². The number of aliphatic carboxylic acids is 1. The lowest BCUT2D eigenvalue weighted by molar-refractivity contribution is -0.252. The van der Waals surface area contributed by atoms with E-state index in [1.807, 2.05) is 6.92 Å². The van der Waals surface area contributed by atoms with Gasteiger partial charge in [-0.3, -0.25) is 9.59 Å². The first kappa shape index (κ1) is 54.0. The van der Waals surface area contributed by atoms with Gasteiger partial charge in [-0.25, -0.2) is 14.4 Å². The first-order chi connectivity index (χ1) is 30.6. The zero-order chi connectivity index (χ0) is 48.5. The van der Waals surface area contributed by atoms with Crippen LogP contribution in [0.3, 0.4) is 0 Å². The van der Waals surface area contributed by atoms with Crippen LogP contribution in [-0.4, -0.2) is 137 Å². The number of benzene rings is 2. The van der Waals surface area contributed by atoms with Gasteiger partial charge in [-0.1, -0.05) is 31.9 Å². The second-order valence-corrected chi connectivity index (χ2v) is 14.9. The maximum Gasteiger partial charge on any atom is 0.416 e. The Morgan fingerprint density at radius 2 is 1.42 bits per heavy atom. The molecule has 9 atom stereocenters. The highest BCUT2D eigenvalue weighted by molar-refractivity contribution is 5.90. The lowest BCUT2D eigenvalue weighted by Crippen LogP contribution is -2.67. The fourth-order valence-corrected chi connectivity index (χ4v) is 6.42. The van der Waals surface area contributed by atoms with E-state index in [4.69, 9.17) is 14.2 Å². The van der Waals surface area contributed by atoms with E-state index in [-0.39, 0.29) is 17.8 Å². The molecular formula is C40H54F6N6O13. The Kier molecular flexibility index (Phi) is 21.1. The lowest BCUT2D eigenvalue weighted by atomic mass is 9.94. The molecular weight excluding hydrogens is 886 g/mol. The normalized spacial score (nSPS) is 20.0. The van der Waals surface area contributed by atoms with E-state index in [2.05, 4.69) is 31.9 Å². The molecule has 364 valence electrons. The van der Waals surface area contributed by atoms with Crippen LogP contribution in [0.1, 0.15) is 63.5 Å². The summed E-state index contributed by atoms with van der Waals surface area (Å²) in [5.41, 5.74) is -2.81. The number of carboxylic acids is 1. The number of unbranched alkanes of at least 4 members (excludes halogenated alkanes) is 2. The maximum absolute atomic E-state index is 13.5. The summed E-state index contributed by atoms with van der Waals surface area (Å²) in [7, 11) is 0. The number of hydrogen-bond acceptors (Lipinski definition) is 12. The minimum atomic E-state index is -4.78. The minimum absolute atomic E-state index is 0.0338. The predicted molar refractivity (Wildman–Crippen MR) is 216 cm³/mol. The molecule has 0 radical (unpaired) electrons. The van der Waals surface area contributed by atoms with Crippen LogP contribution in [0.4, 0.5) is 47.3 Å². The number of alkyl halides is 6. The van der Waals surface area contributed by atoms with Gasteiger partial charge in [0.1, 0.15) is 30.5 Å². The van der Waals surface area contributed by atoms with Gasteiger partial charge >= 0.3 is 30.4 Å². The van der Waals surface area contributed by atoms with Crippen molar-refractivity contribution in [2.75, 3.05) is 37.1 Å². The molecule has 11 N–H and O–H groups in total. The fourth-order valence-electron chi connectivity index (χ4n) is 6.42. The monoisotopic (exact) mass is 940 g/mol. The topological polar surface area (TPSA) is 286 Å². The van der Waals surface area contributed by atoms with Gasteiger partial charge < -0.3 is 71.6 Å². The summed E-state index contributed by atoms with van der Waals surface area (Å²) in [6.07, 6.45) is -16.9. The van der Waals surface area contributed by atoms with Gasteiger partial charge in [0.05, 0.1) is 55.7 Å². The number of aliphatic hydroxyl groups is 4. The van der Waals surface area contributed by atoms with E-state index in [0.29, 0.717) is 25.0 Å². The molecule has 6 amide bonds. The van der Waals surface area contributed by atoms with Crippen LogP contribution in [0.25, 0.3) is 0 Å². The SMILES string of the molecule is CCCCCC(=O)N[C@H](CCC(=O)N[C@H]1C(CO)OCC(NC(=O)Nc2cccc(C(F)(F)F)c2)C1O[C@H](OC(CO)[C@@H](O)CO)C(C)NC(=O)Nc1cccc(C(F)(F)F)c1)C(=O)O. The average Bonchev–Trinajstić information content (AvgIpc) is 3.23. The third kappa shape index (κ3) is 17.5. The molecule has 0 aliphatic carbocycles.